The standard InChI is InChI=1S/C12H11BrClFN2O/c1-7-12(14)11(17(2)16-7)6-18-10-4-8(13)3-9(15)5-10/h3-5H,6H2,1-2H3. The molecule has 0 bridgehead atoms. The molecule has 0 saturated carbocycles. The third kappa shape index (κ3) is 2.84. The van der Waals surface area contributed by atoms with Crippen LogP contribution in [0.3, 0.4) is 0 Å². The summed E-state index contributed by atoms with van der Waals surface area (Å²) in [6.45, 7) is 2.07. The number of benzene rings is 1. The topological polar surface area (TPSA) is 27.1 Å². The van der Waals surface area contributed by atoms with Gasteiger partial charge in [0.1, 0.15) is 18.2 Å². The van der Waals surface area contributed by atoms with Crippen molar-refractivity contribution in [2.75, 3.05) is 0 Å². The third-order valence-electron chi connectivity index (χ3n) is 2.47. The van der Waals surface area contributed by atoms with Crippen LogP contribution >= 0.6 is 27.5 Å². The van der Waals surface area contributed by atoms with E-state index in [9.17, 15) is 4.39 Å². The quantitative estimate of drug-likeness (QED) is 0.853. The summed E-state index contributed by atoms with van der Waals surface area (Å²) in [6.07, 6.45) is 0. The summed E-state index contributed by atoms with van der Waals surface area (Å²) >= 11 is 9.30. The van der Waals surface area contributed by atoms with Gasteiger partial charge in [-0.3, -0.25) is 4.68 Å². The van der Waals surface area contributed by atoms with Crippen molar-refractivity contribution in [1.82, 2.24) is 9.78 Å². The maximum absolute atomic E-state index is 13.2. The normalized spacial score (nSPS) is 10.7. The average molecular weight is 334 g/mol. The van der Waals surface area contributed by atoms with Crippen LogP contribution in [0.25, 0.3) is 0 Å². The summed E-state index contributed by atoms with van der Waals surface area (Å²) in [7, 11) is 1.79. The molecule has 0 fully saturated rings. The first-order chi connectivity index (χ1) is 8.47. The van der Waals surface area contributed by atoms with E-state index in [1.54, 1.807) is 17.8 Å². The summed E-state index contributed by atoms with van der Waals surface area (Å²) in [4.78, 5) is 0. The van der Waals surface area contributed by atoms with Gasteiger partial charge in [0.2, 0.25) is 0 Å². The van der Waals surface area contributed by atoms with Gasteiger partial charge < -0.3 is 4.74 Å². The molecule has 2 rings (SSSR count). The van der Waals surface area contributed by atoms with Crippen molar-refractivity contribution in [1.29, 1.82) is 0 Å². The highest BCUT2D eigenvalue weighted by Crippen LogP contribution is 2.24. The van der Waals surface area contributed by atoms with E-state index < -0.39 is 0 Å². The highest BCUT2D eigenvalue weighted by Gasteiger charge is 2.11. The van der Waals surface area contributed by atoms with Crippen molar-refractivity contribution in [3.8, 4) is 5.75 Å². The number of rotatable bonds is 3. The van der Waals surface area contributed by atoms with Crippen LogP contribution < -0.4 is 4.74 Å². The zero-order valence-electron chi connectivity index (χ0n) is 9.88. The predicted octanol–water partition coefficient (Wildman–Crippen LogP) is 3.86. The first-order valence-corrected chi connectivity index (χ1v) is 6.41. The molecule has 6 heteroatoms. The minimum atomic E-state index is -0.355. The number of nitrogens with zero attached hydrogens (tertiary/aromatic N) is 2. The largest absolute Gasteiger partial charge is 0.487 e. The number of hydrogen-bond acceptors (Lipinski definition) is 2. The number of aryl methyl sites for hydroxylation is 2. The monoisotopic (exact) mass is 332 g/mol. The Bertz CT molecular complexity index is 565. The molecule has 0 atom stereocenters. The molecule has 0 spiro atoms. The first kappa shape index (κ1) is 13.4. The number of aromatic nitrogens is 2. The van der Waals surface area contributed by atoms with Crippen LogP contribution in [-0.2, 0) is 13.7 Å². The molecule has 3 nitrogen and oxygen atoms in total. The Morgan fingerprint density at radius 1 is 1.44 bits per heavy atom. The van der Waals surface area contributed by atoms with Gasteiger partial charge in [-0.25, -0.2) is 4.39 Å². The summed E-state index contributed by atoms with van der Waals surface area (Å²) in [5, 5.41) is 4.76. The van der Waals surface area contributed by atoms with Crippen LogP contribution in [0, 0.1) is 12.7 Å². The summed E-state index contributed by atoms with van der Waals surface area (Å²) in [5.74, 6) is 0.0865. The fourth-order valence-corrected chi connectivity index (χ4v) is 2.26. The number of halogens is 3. The molecule has 96 valence electrons. The van der Waals surface area contributed by atoms with Crippen LogP contribution in [-0.4, -0.2) is 9.78 Å². The Morgan fingerprint density at radius 2 is 2.17 bits per heavy atom. The lowest BCUT2D eigenvalue weighted by atomic mass is 10.3. The molecule has 18 heavy (non-hydrogen) atoms. The molecule has 0 aliphatic carbocycles. The molecule has 1 aromatic heterocycles. The average Bonchev–Trinajstić information content (AvgIpc) is 2.50. The molecule has 0 aliphatic heterocycles. The summed E-state index contributed by atoms with van der Waals surface area (Å²) in [6, 6.07) is 4.39. The van der Waals surface area contributed by atoms with E-state index in [2.05, 4.69) is 21.0 Å². The molecular weight excluding hydrogens is 322 g/mol. The van der Waals surface area contributed by atoms with E-state index in [1.807, 2.05) is 6.92 Å². The fraction of sp³-hybridized carbons (Fsp3) is 0.250. The lowest BCUT2D eigenvalue weighted by Crippen LogP contribution is -2.03. The zero-order chi connectivity index (χ0) is 13.3. The molecule has 0 radical (unpaired) electrons. The van der Waals surface area contributed by atoms with E-state index in [4.69, 9.17) is 16.3 Å². The van der Waals surface area contributed by atoms with Crippen LogP contribution in [0.2, 0.25) is 5.02 Å². The second-order valence-electron chi connectivity index (χ2n) is 3.86. The number of hydrogen-bond donors (Lipinski definition) is 0. The summed E-state index contributed by atoms with van der Waals surface area (Å²) in [5.41, 5.74) is 1.51. The van der Waals surface area contributed by atoms with Crippen molar-refractivity contribution < 1.29 is 9.13 Å². The molecular formula is C12H11BrClFN2O. The van der Waals surface area contributed by atoms with E-state index in [0.29, 0.717) is 15.2 Å². The van der Waals surface area contributed by atoms with E-state index >= 15 is 0 Å². The molecule has 2 aromatic rings. The van der Waals surface area contributed by atoms with Crippen LogP contribution in [0.15, 0.2) is 22.7 Å². The van der Waals surface area contributed by atoms with E-state index in [0.717, 1.165) is 11.4 Å². The number of ether oxygens (including phenoxy) is 1. The maximum atomic E-state index is 13.2. The maximum Gasteiger partial charge on any atom is 0.131 e. The van der Waals surface area contributed by atoms with Crippen LogP contribution in [0.1, 0.15) is 11.4 Å². The predicted molar refractivity (Wildman–Crippen MR) is 71.4 cm³/mol. The van der Waals surface area contributed by atoms with Crippen LogP contribution in [0.5, 0.6) is 5.75 Å². The minimum absolute atomic E-state index is 0.242. The molecule has 1 aromatic carbocycles. The van der Waals surface area contributed by atoms with E-state index in [-0.39, 0.29) is 12.4 Å². The first-order valence-electron chi connectivity index (χ1n) is 5.24. The van der Waals surface area contributed by atoms with Crippen molar-refractivity contribution in [2.24, 2.45) is 7.05 Å². The van der Waals surface area contributed by atoms with Gasteiger partial charge in [0.15, 0.2) is 0 Å². The van der Waals surface area contributed by atoms with Gasteiger partial charge in [0, 0.05) is 17.6 Å². The summed E-state index contributed by atoms with van der Waals surface area (Å²) < 4.78 is 21.0. The Kier molecular flexibility index (Phi) is 3.92. The van der Waals surface area contributed by atoms with Gasteiger partial charge >= 0.3 is 0 Å². The smallest absolute Gasteiger partial charge is 0.131 e. The van der Waals surface area contributed by atoms with Gasteiger partial charge in [-0.1, -0.05) is 27.5 Å². The minimum Gasteiger partial charge on any atom is -0.487 e. The highest BCUT2D eigenvalue weighted by molar-refractivity contribution is 9.10. The van der Waals surface area contributed by atoms with Crippen molar-refractivity contribution in [3.05, 3.63) is 44.9 Å². The third-order valence-corrected chi connectivity index (χ3v) is 3.42. The van der Waals surface area contributed by atoms with Gasteiger partial charge in [-0.2, -0.15) is 5.10 Å². The molecule has 0 amide bonds. The lowest BCUT2D eigenvalue weighted by Gasteiger charge is -2.07. The highest BCUT2D eigenvalue weighted by atomic mass is 79.9. The lowest BCUT2D eigenvalue weighted by molar-refractivity contribution is 0.293. The SMILES string of the molecule is Cc1nn(C)c(COc2cc(F)cc(Br)c2)c1Cl. The molecule has 0 unspecified atom stereocenters. The van der Waals surface area contributed by atoms with Crippen molar-refractivity contribution in [2.45, 2.75) is 13.5 Å². The Balaban J connectivity index is 2.16. The van der Waals surface area contributed by atoms with Gasteiger partial charge in [0.05, 0.1) is 16.4 Å². The van der Waals surface area contributed by atoms with Gasteiger partial charge in [-0.05, 0) is 19.1 Å². The Labute approximate surface area is 118 Å². The molecule has 0 saturated heterocycles. The second kappa shape index (κ2) is 5.28. The van der Waals surface area contributed by atoms with E-state index in [1.165, 1.54) is 12.1 Å². The van der Waals surface area contributed by atoms with Crippen molar-refractivity contribution in [3.63, 3.8) is 0 Å². The molecule has 0 aliphatic rings. The van der Waals surface area contributed by atoms with Gasteiger partial charge in [0.25, 0.3) is 0 Å². The van der Waals surface area contributed by atoms with Crippen molar-refractivity contribution >= 4 is 27.5 Å². The fourth-order valence-electron chi connectivity index (χ4n) is 1.60. The zero-order valence-corrected chi connectivity index (χ0v) is 12.2. The molecule has 1 heterocycles. The van der Waals surface area contributed by atoms with Gasteiger partial charge in [-0.15, -0.1) is 0 Å². The van der Waals surface area contributed by atoms with Crippen LogP contribution in [0.4, 0.5) is 4.39 Å². The Morgan fingerprint density at radius 3 is 2.72 bits per heavy atom. The molecule has 0 N–H and O–H groups in total. The Hall–Kier alpha value is -1.07. The second-order valence-corrected chi connectivity index (χ2v) is 5.16.